The van der Waals surface area contributed by atoms with E-state index in [0.717, 1.165) is 47.3 Å². The summed E-state index contributed by atoms with van der Waals surface area (Å²) in [5, 5.41) is 7.67. The maximum absolute atomic E-state index is 12.8. The Morgan fingerprint density at radius 1 is 1.19 bits per heavy atom. The Morgan fingerprint density at radius 3 is 2.74 bits per heavy atom. The molecule has 1 aromatic carbocycles. The third-order valence-electron chi connectivity index (χ3n) is 4.99. The van der Waals surface area contributed by atoms with Gasteiger partial charge in [0.2, 0.25) is 0 Å². The molecule has 1 fully saturated rings. The number of benzene rings is 1. The van der Waals surface area contributed by atoms with Crippen LogP contribution < -0.4 is 5.32 Å². The van der Waals surface area contributed by atoms with Gasteiger partial charge in [0, 0.05) is 17.5 Å². The van der Waals surface area contributed by atoms with Gasteiger partial charge in [-0.3, -0.25) is 15.0 Å². The highest BCUT2D eigenvalue weighted by atomic mass is 32.1. The van der Waals surface area contributed by atoms with E-state index in [1.165, 1.54) is 35.5 Å². The van der Waals surface area contributed by atoms with Crippen LogP contribution in [0, 0.1) is 5.92 Å². The molecule has 6 heteroatoms. The number of piperidine rings is 1. The Balaban J connectivity index is 1.41. The third kappa shape index (κ3) is 4.46. The largest absolute Gasteiger partial charge is 0.297 e. The molecule has 140 valence electrons. The molecule has 0 saturated carbocycles. The van der Waals surface area contributed by atoms with E-state index < -0.39 is 0 Å². The highest BCUT2D eigenvalue weighted by molar-refractivity contribution is 7.14. The molecule has 2 aromatic heterocycles. The number of hydrogen-bond donors (Lipinski definition) is 1. The normalized spacial score (nSPS) is 15.7. The lowest BCUT2D eigenvalue weighted by molar-refractivity contribution is 0.103. The van der Waals surface area contributed by atoms with Crippen molar-refractivity contribution in [2.45, 2.75) is 26.3 Å². The first-order valence-electron chi connectivity index (χ1n) is 9.30. The maximum atomic E-state index is 12.8. The molecule has 4 rings (SSSR count). The van der Waals surface area contributed by atoms with Crippen molar-refractivity contribution in [2.75, 3.05) is 18.4 Å². The number of likely N-dealkylation sites (tertiary alicyclic amines) is 1. The molecular weight excluding hydrogens is 374 g/mol. The highest BCUT2D eigenvalue weighted by Gasteiger charge is 2.18. The second kappa shape index (κ2) is 8.33. The fourth-order valence-electron chi connectivity index (χ4n) is 3.37. The number of carbonyl (C=O) groups is 1. The van der Waals surface area contributed by atoms with E-state index in [1.807, 2.05) is 41.8 Å². The fraction of sp³-hybridized carbons (Fsp3) is 0.333. The topological polar surface area (TPSA) is 45.2 Å². The van der Waals surface area contributed by atoms with Crippen molar-refractivity contribution in [1.82, 2.24) is 9.88 Å². The van der Waals surface area contributed by atoms with Gasteiger partial charge in [0.25, 0.3) is 5.91 Å². The molecule has 1 aliphatic rings. The van der Waals surface area contributed by atoms with Gasteiger partial charge in [-0.15, -0.1) is 22.7 Å². The number of hydrogen-bond acceptors (Lipinski definition) is 5. The summed E-state index contributed by atoms with van der Waals surface area (Å²) in [5.74, 6) is 0.743. The molecule has 1 N–H and O–H groups in total. The maximum Gasteiger partial charge on any atom is 0.268 e. The summed E-state index contributed by atoms with van der Waals surface area (Å²) in [6.07, 6.45) is 2.52. The van der Waals surface area contributed by atoms with Crippen molar-refractivity contribution in [3.8, 4) is 11.1 Å². The standard InChI is InChI=1S/C21H23N3OS2/c1-15-7-10-24(11-8-15)13-17-14-27-21(22-17)23-20(25)19-18(9-12-26-19)16-5-3-2-4-6-16/h2-6,9,12,14-15H,7-8,10-11,13H2,1H3,(H,22,23,25). The summed E-state index contributed by atoms with van der Waals surface area (Å²) in [5.41, 5.74) is 3.07. The van der Waals surface area contributed by atoms with Crippen molar-refractivity contribution in [2.24, 2.45) is 5.92 Å². The quantitative estimate of drug-likeness (QED) is 0.631. The van der Waals surface area contributed by atoms with Gasteiger partial charge in [0.15, 0.2) is 5.13 Å². The average molecular weight is 398 g/mol. The van der Waals surface area contributed by atoms with Crippen molar-refractivity contribution in [3.05, 3.63) is 57.7 Å². The number of carbonyl (C=O) groups excluding carboxylic acids is 1. The molecule has 0 atom stereocenters. The molecule has 1 amide bonds. The van der Waals surface area contributed by atoms with Gasteiger partial charge < -0.3 is 0 Å². The fourth-order valence-corrected chi connectivity index (χ4v) is 4.88. The first kappa shape index (κ1) is 18.3. The molecule has 1 saturated heterocycles. The smallest absolute Gasteiger partial charge is 0.268 e. The van der Waals surface area contributed by atoms with Crippen LogP contribution in [0.2, 0.25) is 0 Å². The monoisotopic (exact) mass is 397 g/mol. The Labute approximate surface area is 167 Å². The zero-order valence-corrected chi connectivity index (χ0v) is 17.0. The minimum Gasteiger partial charge on any atom is -0.297 e. The number of anilines is 1. The van der Waals surface area contributed by atoms with Gasteiger partial charge in [-0.1, -0.05) is 37.3 Å². The Bertz CT molecular complexity index is 895. The zero-order chi connectivity index (χ0) is 18.6. The van der Waals surface area contributed by atoms with Gasteiger partial charge in [-0.05, 0) is 48.9 Å². The van der Waals surface area contributed by atoms with Crippen LogP contribution in [0.3, 0.4) is 0 Å². The number of thiazole rings is 1. The summed E-state index contributed by atoms with van der Waals surface area (Å²) < 4.78 is 0. The summed E-state index contributed by atoms with van der Waals surface area (Å²) >= 11 is 2.96. The molecule has 0 aliphatic carbocycles. The van der Waals surface area contributed by atoms with E-state index in [1.54, 1.807) is 0 Å². The molecule has 0 spiro atoms. The predicted molar refractivity (Wildman–Crippen MR) is 113 cm³/mol. The van der Waals surface area contributed by atoms with Crippen molar-refractivity contribution in [1.29, 1.82) is 0 Å². The number of nitrogens with one attached hydrogen (secondary N) is 1. The minimum atomic E-state index is -0.0865. The van der Waals surface area contributed by atoms with Gasteiger partial charge in [0.05, 0.1) is 5.69 Å². The van der Waals surface area contributed by atoms with Crippen LogP contribution >= 0.6 is 22.7 Å². The lowest BCUT2D eigenvalue weighted by atomic mass is 9.99. The average Bonchev–Trinajstić information content (AvgIpc) is 3.34. The summed E-state index contributed by atoms with van der Waals surface area (Å²) in [7, 11) is 0. The van der Waals surface area contributed by atoms with Crippen molar-refractivity contribution >= 4 is 33.7 Å². The van der Waals surface area contributed by atoms with Gasteiger partial charge in [-0.25, -0.2) is 4.98 Å². The minimum absolute atomic E-state index is 0.0865. The van der Waals surface area contributed by atoms with Crippen LogP contribution in [0.25, 0.3) is 11.1 Å². The molecule has 1 aliphatic heterocycles. The van der Waals surface area contributed by atoms with E-state index in [2.05, 4.69) is 27.5 Å². The Morgan fingerprint density at radius 2 is 1.96 bits per heavy atom. The number of rotatable bonds is 5. The van der Waals surface area contributed by atoms with Gasteiger partial charge in [-0.2, -0.15) is 0 Å². The zero-order valence-electron chi connectivity index (χ0n) is 15.4. The lowest BCUT2D eigenvalue weighted by Crippen LogP contribution is -2.32. The molecule has 27 heavy (non-hydrogen) atoms. The van der Waals surface area contributed by atoms with Crippen LogP contribution in [0.15, 0.2) is 47.2 Å². The molecule has 4 nitrogen and oxygen atoms in total. The molecule has 0 radical (unpaired) electrons. The van der Waals surface area contributed by atoms with Crippen LogP contribution in [0.5, 0.6) is 0 Å². The number of nitrogens with zero attached hydrogens (tertiary/aromatic N) is 2. The van der Waals surface area contributed by atoms with Gasteiger partial charge in [0.1, 0.15) is 4.88 Å². The van der Waals surface area contributed by atoms with Crippen LogP contribution in [-0.4, -0.2) is 28.9 Å². The molecule has 0 bridgehead atoms. The molecule has 3 aromatic rings. The first-order valence-corrected chi connectivity index (χ1v) is 11.1. The Hall–Kier alpha value is -2.02. The van der Waals surface area contributed by atoms with Gasteiger partial charge >= 0.3 is 0 Å². The van der Waals surface area contributed by atoms with E-state index >= 15 is 0 Å². The number of aromatic nitrogens is 1. The highest BCUT2D eigenvalue weighted by Crippen LogP contribution is 2.29. The summed E-state index contributed by atoms with van der Waals surface area (Å²) in [4.78, 5) is 20.6. The van der Waals surface area contributed by atoms with E-state index in [4.69, 9.17) is 0 Å². The molecular formula is C21H23N3OS2. The Kier molecular flexibility index (Phi) is 5.66. The van der Waals surface area contributed by atoms with E-state index in [-0.39, 0.29) is 5.91 Å². The molecule has 3 heterocycles. The lowest BCUT2D eigenvalue weighted by Gasteiger charge is -2.29. The summed E-state index contributed by atoms with van der Waals surface area (Å²) in [6, 6.07) is 12.0. The van der Waals surface area contributed by atoms with Crippen molar-refractivity contribution < 1.29 is 4.79 Å². The van der Waals surface area contributed by atoms with Crippen molar-refractivity contribution in [3.63, 3.8) is 0 Å². The van der Waals surface area contributed by atoms with E-state index in [9.17, 15) is 4.79 Å². The number of thiophene rings is 1. The second-order valence-corrected chi connectivity index (χ2v) is 8.86. The van der Waals surface area contributed by atoms with Crippen LogP contribution in [0.1, 0.15) is 35.1 Å². The number of amides is 1. The first-order chi connectivity index (χ1) is 13.2. The molecule has 0 unspecified atom stereocenters. The third-order valence-corrected chi connectivity index (χ3v) is 6.71. The second-order valence-electron chi connectivity index (χ2n) is 7.09. The van der Waals surface area contributed by atoms with Crippen LogP contribution in [0.4, 0.5) is 5.13 Å². The SMILES string of the molecule is CC1CCN(Cc2csc(NC(=O)c3sccc3-c3ccccc3)n2)CC1. The van der Waals surface area contributed by atoms with Crippen LogP contribution in [-0.2, 0) is 6.54 Å². The van der Waals surface area contributed by atoms with E-state index in [0.29, 0.717) is 5.13 Å². The predicted octanol–water partition coefficient (Wildman–Crippen LogP) is 5.36. The summed E-state index contributed by atoms with van der Waals surface area (Å²) in [6.45, 7) is 5.46.